The smallest absolute Gasteiger partial charge is 0.0913 e. The topological polar surface area (TPSA) is 9.23 Å². The second-order valence-electron chi connectivity index (χ2n) is 5.88. The summed E-state index contributed by atoms with van der Waals surface area (Å²) >= 11 is 0. The van der Waals surface area contributed by atoms with Crippen molar-refractivity contribution < 1.29 is 4.74 Å². The average molecular weight is 272 g/mol. The molecule has 0 radical (unpaired) electrons. The summed E-state index contributed by atoms with van der Waals surface area (Å²) in [5.74, 6) is 0.804. The van der Waals surface area contributed by atoms with Gasteiger partial charge in [-0.05, 0) is 42.7 Å². The number of ether oxygens (including phenoxy) is 1. The third-order valence-corrected chi connectivity index (χ3v) is 4.28. The third kappa shape index (κ3) is 5.03. The molecule has 1 saturated carbocycles. The second kappa shape index (κ2) is 8.84. The fraction of sp³-hybridized carbons (Fsp3) is 0.579. The van der Waals surface area contributed by atoms with E-state index in [2.05, 4.69) is 43.5 Å². The van der Waals surface area contributed by atoms with E-state index < -0.39 is 0 Å². The van der Waals surface area contributed by atoms with E-state index in [1.807, 2.05) is 0 Å². The number of hydrogen-bond donors (Lipinski definition) is 0. The molecule has 0 saturated heterocycles. The van der Waals surface area contributed by atoms with E-state index in [9.17, 15) is 0 Å². The fourth-order valence-corrected chi connectivity index (χ4v) is 3.06. The summed E-state index contributed by atoms with van der Waals surface area (Å²) in [6.45, 7) is 3.08. The van der Waals surface area contributed by atoms with Crippen molar-refractivity contribution >= 4 is 0 Å². The first-order valence-electron chi connectivity index (χ1n) is 8.24. The number of allylic oxidation sites excluding steroid dienone is 1. The maximum atomic E-state index is 5.80. The van der Waals surface area contributed by atoms with Crippen LogP contribution in [-0.4, -0.2) is 6.61 Å². The molecule has 1 aromatic rings. The minimum absolute atomic E-state index is 0.801. The summed E-state index contributed by atoms with van der Waals surface area (Å²) in [5.41, 5.74) is 2.92. The highest BCUT2D eigenvalue weighted by Gasteiger charge is 2.20. The molecule has 20 heavy (non-hydrogen) atoms. The van der Waals surface area contributed by atoms with E-state index >= 15 is 0 Å². The van der Waals surface area contributed by atoms with Gasteiger partial charge in [0.1, 0.15) is 0 Å². The van der Waals surface area contributed by atoms with Crippen LogP contribution in [0.4, 0.5) is 0 Å². The van der Waals surface area contributed by atoms with E-state index in [0.717, 1.165) is 18.9 Å². The Hall–Kier alpha value is -1.24. The summed E-state index contributed by atoms with van der Waals surface area (Å²) in [5, 5.41) is 0. The maximum absolute atomic E-state index is 5.80. The molecule has 110 valence electrons. The molecule has 2 rings (SSSR count). The van der Waals surface area contributed by atoms with Gasteiger partial charge >= 0.3 is 0 Å². The van der Waals surface area contributed by atoms with Crippen molar-refractivity contribution in [2.45, 2.75) is 58.3 Å². The van der Waals surface area contributed by atoms with Crippen LogP contribution in [0.3, 0.4) is 0 Å². The van der Waals surface area contributed by atoms with Crippen molar-refractivity contribution in [1.29, 1.82) is 0 Å². The molecule has 1 unspecified atom stereocenters. The van der Waals surface area contributed by atoms with Gasteiger partial charge in [0.05, 0.1) is 12.9 Å². The van der Waals surface area contributed by atoms with Gasteiger partial charge in [0.25, 0.3) is 0 Å². The predicted molar refractivity (Wildman–Crippen MR) is 85.7 cm³/mol. The van der Waals surface area contributed by atoms with Gasteiger partial charge in [0, 0.05) is 6.42 Å². The van der Waals surface area contributed by atoms with Crippen LogP contribution in [0.2, 0.25) is 0 Å². The first-order chi connectivity index (χ1) is 9.90. The van der Waals surface area contributed by atoms with Gasteiger partial charge in [-0.1, -0.05) is 56.5 Å². The molecule has 1 nitrogen and oxygen atoms in total. The quantitative estimate of drug-likeness (QED) is 0.448. The van der Waals surface area contributed by atoms with Gasteiger partial charge in [0.15, 0.2) is 0 Å². The molecule has 1 heteroatoms. The third-order valence-electron chi connectivity index (χ3n) is 4.28. The Morgan fingerprint density at radius 2 is 2.05 bits per heavy atom. The Kier molecular flexibility index (Phi) is 6.70. The lowest BCUT2D eigenvalue weighted by Crippen LogP contribution is -1.99. The summed E-state index contributed by atoms with van der Waals surface area (Å²) in [6.07, 6.45) is 12.5. The number of unbranched alkanes of at least 4 members (excludes halogenated alkanes) is 2. The van der Waals surface area contributed by atoms with Gasteiger partial charge in [-0.15, -0.1) is 0 Å². The van der Waals surface area contributed by atoms with E-state index in [4.69, 9.17) is 4.74 Å². The van der Waals surface area contributed by atoms with Crippen LogP contribution in [0.5, 0.6) is 0 Å². The van der Waals surface area contributed by atoms with Gasteiger partial charge in [-0.2, -0.15) is 0 Å². The van der Waals surface area contributed by atoms with Crippen LogP contribution in [0, 0.1) is 5.92 Å². The molecule has 0 heterocycles. The zero-order chi connectivity index (χ0) is 14.0. The van der Waals surface area contributed by atoms with Crippen LogP contribution in [0.1, 0.15) is 57.4 Å². The van der Waals surface area contributed by atoms with Crippen molar-refractivity contribution in [2.75, 3.05) is 6.61 Å². The van der Waals surface area contributed by atoms with E-state index in [-0.39, 0.29) is 0 Å². The monoisotopic (exact) mass is 272 g/mol. The molecule has 0 bridgehead atoms. The van der Waals surface area contributed by atoms with Gasteiger partial charge < -0.3 is 4.74 Å². The minimum atomic E-state index is 0.801. The lowest BCUT2D eigenvalue weighted by Gasteiger charge is -2.12. The fourth-order valence-electron chi connectivity index (χ4n) is 3.06. The molecule has 1 fully saturated rings. The Bertz CT molecular complexity index is 393. The average Bonchev–Trinajstić information content (AvgIpc) is 2.93. The SMILES string of the molecule is CCCCCC1CCC/C1=C\OCCc1ccccc1. The molecular weight excluding hydrogens is 244 g/mol. The van der Waals surface area contributed by atoms with Crippen LogP contribution in [0.15, 0.2) is 42.2 Å². The van der Waals surface area contributed by atoms with E-state index in [0.29, 0.717) is 0 Å². The number of hydrogen-bond acceptors (Lipinski definition) is 1. The second-order valence-corrected chi connectivity index (χ2v) is 5.88. The summed E-state index contributed by atoms with van der Waals surface area (Å²) < 4.78 is 5.80. The molecule has 1 aliphatic carbocycles. The van der Waals surface area contributed by atoms with Gasteiger partial charge in [-0.25, -0.2) is 0 Å². The zero-order valence-corrected chi connectivity index (χ0v) is 12.8. The molecule has 1 atom stereocenters. The molecule has 0 spiro atoms. The lowest BCUT2D eigenvalue weighted by molar-refractivity contribution is 0.247. The first-order valence-corrected chi connectivity index (χ1v) is 8.24. The Labute approximate surface area is 124 Å². The van der Waals surface area contributed by atoms with E-state index in [1.165, 1.54) is 50.5 Å². The highest BCUT2D eigenvalue weighted by Crippen LogP contribution is 2.34. The molecule has 1 aliphatic rings. The molecule has 0 aromatic heterocycles. The zero-order valence-electron chi connectivity index (χ0n) is 12.8. The van der Waals surface area contributed by atoms with Gasteiger partial charge in [0.2, 0.25) is 0 Å². The van der Waals surface area contributed by atoms with Crippen molar-refractivity contribution in [3.63, 3.8) is 0 Å². The Morgan fingerprint density at radius 3 is 2.85 bits per heavy atom. The lowest BCUT2D eigenvalue weighted by atomic mass is 9.96. The Balaban J connectivity index is 1.70. The van der Waals surface area contributed by atoms with Crippen LogP contribution >= 0.6 is 0 Å². The van der Waals surface area contributed by atoms with E-state index in [1.54, 1.807) is 5.57 Å². The molecule has 0 N–H and O–H groups in total. The molecule has 0 amide bonds. The highest BCUT2D eigenvalue weighted by atomic mass is 16.5. The summed E-state index contributed by atoms with van der Waals surface area (Å²) in [7, 11) is 0. The van der Waals surface area contributed by atoms with Crippen molar-refractivity contribution in [1.82, 2.24) is 0 Å². The minimum Gasteiger partial charge on any atom is -0.501 e. The summed E-state index contributed by atoms with van der Waals surface area (Å²) in [6, 6.07) is 10.6. The van der Waals surface area contributed by atoms with Crippen LogP contribution in [-0.2, 0) is 11.2 Å². The van der Waals surface area contributed by atoms with Crippen molar-refractivity contribution in [2.24, 2.45) is 5.92 Å². The van der Waals surface area contributed by atoms with Crippen LogP contribution < -0.4 is 0 Å². The van der Waals surface area contributed by atoms with Crippen LogP contribution in [0.25, 0.3) is 0 Å². The molecular formula is C19H28O. The normalized spacial score (nSPS) is 20.4. The maximum Gasteiger partial charge on any atom is 0.0913 e. The van der Waals surface area contributed by atoms with Crippen molar-refractivity contribution in [3.8, 4) is 0 Å². The Morgan fingerprint density at radius 1 is 1.20 bits per heavy atom. The number of benzene rings is 1. The molecule has 0 aliphatic heterocycles. The highest BCUT2D eigenvalue weighted by molar-refractivity contribution is 5.14. The summed E-state index contributed by atoms with van der Waals surface area (Å²) in [4.78, 5) is 0. The predicted octanol–water partition coefficient (Wildman–Crippen LogP) is 5.51. The first kappa shape index (κ1) is 15.2. The number of rotatable bonds is 8. The van der Waals surface area contributed by atoms with Gasteiger partial charge in [-0.3, -0.25) is 0 Å². The molecule has 1 aromatic carbocycles. The largest absolute Gasteiger partial charge is 0.501 e. The van der Waals surface area contributed by atoms with Crippen molar-refractivity contribution in [3.05, 3.63) is 47.7 Å². The standard InChI is InChI=1S/C19H28O/c1-2-3-5-11-18-12-8-13-19(18)16-20-15-14-17-9-6-4-7-10-17/h4,6-7,9-10,16,18H,2-3,5,8,11-15H2,1H3/b19-16+.